The summed E-state index contributed by atoms with van der Waals surface area (Å²) in [6, 6.07) is 19.1. The maximum Gasteiger partial charge on any atom is 0.264 e. The Labute approximate surface area is 177 Å². The Hall–Kier alpha value is -3.19. The van der Waals surface area contributed by atoms with E-state index in [0.717, 1.165) is 11.1 Å². The summed E-state index contributed by atoms with van der Waals surface area (Å²) in [6.07, 6.45) is 0. The van der Waals surface area contributed by atoms with Gasteiger partial charge in [-0.25, -0.2) is 8.42 Å². The molecule has 6 nitrogen and oxygen atoms in total. The number of sulfonamides is 1. The molecule has 7 heteroatoms. The van der Waals surface area contributed by atoms with E-state index in [-0.39, 0.29) is 11.4 Å². The van der Waals surface area contributed by atoms with Crippen LogP contribution in [0.25, 0.3) is 0 Å². The topological polar surface area (TPSA) is 65.1 Å². The molecule has 0 aliphatic carbocycles. The van der Waals surface area contributed by atoms with E-state index in [1.165, 1.54) is 30.7 Å². The molecule has 0 bridgehead atoms. The van der Waals surface area contributed by atoms with Crippen molar-refractivity contribution in [2.45, 2.75) is 18.4 Å². The van der Waals surface area contributed by atoms with E-state index in [0.29, 0.717) is 22.9 Å². The average molecular weight is 428 g/mol. The number of ether oxygens (including phenoxy) is 3. The lowest BCUT2D eigenvalue weighted by atomic mass is 10.1. The molecular formula is C23H25NO5S. The number of anilines is 1. The van der Waals surface area contributed by atoms with Crippen molar-refractivity contribution in [3.05, 3.63) is 77.9 Å². The van der Waals surface area contributed by atoms with Crippen molar-refractivity contribution in [3.8, 4) is 17.2 Å². The lowest BCUT2D eigenvalue weighted by Crippen LogP contribution is -2.31. The molecule has 3 aromatic rings. The van der Waals surface area contributed by atoms with Crippen LogP contribution < -0.4 is 18.5 Å². The molecule has 3 aromatic carbocycles. The molecule has 30 heavy (non-hydrogen) atoms. The summed E-state index contributed by atoms with van der Waals surface area (Å²) in [5, 5.41) is 0. The molecule has 158 valence electrons. The van der Waals surface area contributed by atoms with Gasteiger partial charge in [-0.3, -0.25) is 4.31 Å². The average Bonchev–Trinajstić information content (AvgIpc) is 2.78. The summed E-state index contributed by atoms with van der Waals surface area (Å²) < 4.78 is 44.5. The highest BCUT2D eigenvalue weighted by molar-refractivity contribution is 7.92. The van der Waals surface area contributed by atoms with Crippen molar-refractivity contribution in [2.75, 3.05) is 25.6 Å². The predicted molar refractivity (Wildman–Crippen MR) is 117 cm³/mol. The second-order valence-electron chi connectivity index (χ2n) is 6.71. The second-order valence-corrected chi connectivity index (χ2v) is 8.57. The Morgan fingerprint density at radius 3 is 1.93 bits per heavy atom. The molecule has 3 rings (SSSR count). The molecule has 0 saturated carbocycles. The number of benzene rings is 3. The van der Waals surface area contributed by atoms with Crippen molar-refractivity contribution in [3.63, 3.8) is 0 Å². The van der Waals surface area contributed by atoms with E-state index in [9.17, 15) is 8.42 Å². The van der Waals surface area contributed by atoms with Gasteiger partial charge in [-0.2, -0.15) is 0 Å². The van der Waals surface area contributed by atoms with E-state index in [1.54, 1.807) is 37.4 Å². The molecule has 0 radical (unpaired) electrons. The first kappa shape index (κ1) is 21.5. The molecule has 0 unspecified atom stereocenters. The van der Waals surface area contributed by atoms with Gasteiger partial charge in [0.15, 0.2) is 0 Å². The normalized spacial score (nSPS) is 11.1. The van der Waals surface area contributed by atoms with Crippen LogP contribution in [0.15, 0.2) is 71.6 Å². The molecule has 0 aliphatic rings. The fraction of sp³-hybridized carbons (Fsp3) is 0.217. The van der Waals surface area contributed by atoms with Crippen LogP contribution in [0.4, 0.5) is 5.69 Å². The van der Waals surface area contributed by atoms with Crippen molar-refractivity contribution in [2.24, 2.45) is 0 Å². The van der Waals surface area contributed by atoms with Gasteiger partial charge >= 0.3 is 0 Å². The van der Waals surface area contributed by atoms with E-state index in [1.807, 2.05) is 31.2 Å². The molecule has 0 spiro atoms. The van der Waals surface area contributed by atoms with Gasteiger partial charge in [-0.1, -0.05) is 29.8 Å². The summed E-state index contributed by atoms with van der Waals surface area (Å²) in [5.41, 5.74) is 2.38. The van der Waals surface area contributed by atoms with Gasteiger partial charge in [0.05, 0.1) is 38.5 Å². The first-order valence-corrected chi connectivity index (χ1v) is 10.8. The van der Waals surface area contributed by atoms with Crippen molar-refractivity contribution < 1.29 is 22.6 Å². The van der Waals surface area contributed by atoms with Gasteiger partial charge in [0.2, 0.25) is 0 Å². The molecule has 0 saturated heterocycles. The zero-order chi connectivity index (χ0) is 21.7. The molecule has 0 amide bonds. The summed E-state index contributed by atoms with van der Waals surface area (Å²) in [5.74, 6) is 1.56. The number of hydrogen-bond donors (Lipinski definition) is 0. The third-order valence-corrected chi connectivity index (χ3v) is 6.52. The van der Waals surface area contributed by atoms with E-state index >= 15 is 0 Å². The van der Waals surface area contributed by atoms with Gasteiger partial charge in [0.25, 0.3) is 10.0 Å². The van der Waals surface area contributed by atoms with Crippen molar-refractivity contribution in [1.29, 1.82) is 0 Å². The Bertz CT molecular complexity index is 1090. The number of rotatable bonds is 8. The monoisotopic (exact) mass is 427 g/mol. The molecular weight excluding hydrogens is 402 g/mol. The zero-order valence-electron chi connectivity index (χ0n) is 17.5. The van der Waals surface area contributed by atoms with E-state index in [4.69, 9.17) is 14.2 Å². The van der Waals surface area contributed by atoms with Gasteiger partial charge < -0.3 is 14.2 Å². The van der Waals surface area contributed by atoms with Crippen molar-refractivity contribution in [1.82, 2.24) is 0 Å². The number of methoxy groups -OCH3 is 3. The summed E-state index contributed by atoms with van der Waals surface area (Å²) in [6.45, 7) is 2.14. The fourth-order valence-electron chi connectivity index (χ4n) is 3.02. The minimum atomic E-state index is -3.88. The minimum absolute atomic E-state index is 0.150. The molecule has 0 atom stereocenters. The van der Waals surface area contributed by atoms with Crippen LogP contribution in [-0.4, -0.2) is 29.7 Å². The van der Waals surface area contributed by atoms with Crippen LogP contribution in [-0.2, 0) is 16.6 Å². The minimum Gasteiger partial charge on any atom is -0.497 e. The zero-order valence-corrected chi connectivity index (χ0v) is 18.3. The van der Waals surface area contributed by atoms with Crippen LogP contribution in [0.5, 0.6) is 17.2 Å². The standard InChI is InChI=1S/C23H25NO5S/c1-17-5-7-18(8-6-17)16-24(22-14-11-20(28-3)15-23(22)29-4)30(25,26)21-12-9-19(27-2)10-13-21/h5-15H,16H2,1-4H3. The molecule has 0 heterocycles. The summed E-state index contributed by atoms with van der Waals surface area (Å²) in [7, 11) is 0.705. The lowest BCUT2D eigenvalue weighted by molar-refractivity contribution is 0.394. The third-order valence-electron chi connectivity index (χ3n) is 4.75. The Kier molecular flexibility index (Phi) is 6.52. The molecule has 0 fully saturated rings. The van der Waals surface area contributed by atoms with E-state index < -0.39 is 10.0 Å². The number of hydrogen-bond acceptors (Lipinski definition) is 5. The second kappa shape index (κ2) is 9.09. The third kappa shape index (κ3) is 4.52. The van der Waals surface area contributed by atoms with E-state index in [2.05, 4.69) is 0 Å². The van der Waals surface area contributed by atoms with Crippen LogP contribution in [0.3, 0.4) is 0 Å². The maximum atomic E-state index is 13.6. The van der Waals surface area contributed by atoms with Crippen molar-refractivity contribution >= 4 is 15.7 Å². The Morgan fingerprint density at radius 2 is 1.37 bits per heavy atom. The first-order valence-electron chi connectivity index (χ1n) is 9.33. The molecule has 0 aromatic heterocycles. The van der Waals surface area contributed by atoms with Crippen LogP contribution in [0.1, 0.15) is 11.1 Å². The molecule has 0 N–H and O–H groups in total. The first-order chi connectivity index (χ1) is 14.4. The van der Waals surface area contributed by atoms with Crippen LogP contribution in [0.2, 0.25) is 0 Å². The predicted octanol–water partition coefficient (Wildman–Crippen LogP) is 4.42. The molecule has 0 aliphatic heterocycles. The van der Waals surface area contributed by atoms with Gasteiger partial charge in [0.1, 0.15) is 17.2 Å². The smallest absolute Gasteiger partial charge is 0.264 e. The van der Waals surface area contributed by atoms with Crippen LogP contribution in [0, 0.1) is 6.92 Å². The van der Waals surface area contributed by atoms with Gasteiger partial charge in [-0.15, -0.1) is 0 Å². The highest BCUT2D eigenvalue weighted by Crippen LogP contribution is 2.36. The summed E-state index contributed by atoms with van der Waals surface area (Å²) in [4.78, 5) is 0.160. The number of aryl methyl sites for hydroxylation is 1. The number of nitrogens with zero attached hydrogens (tertiary/aromatic N) is 1. The SMILES string of the molecule is COc1ccc(S(=O)(=O)N(Cc2ccc(C)cc2)c2ccc(OC)cc2OC)cc1. The summed E-state index contributed by atoms with van der Waals surface area (Å²) >= 11 is 0. The van der Waals surface area contributed by atoms with Gasteiger partial charge in [0, 0.05) is 6.07 Å². The quantitative estimate of drug-likeness (QED) is 0.533. The highest BCUT2D eigenvalue weighted by atomic mass is 32.2. The van der Waals surface area contributed by atoms with Gasteiger partial charge in [-0.05, 0) is 48.9 Å². The Morgan fingerprint density at radius 1 is 0.767 bits per heavy atom. The highest BCUT2D eigenvalue weighted by Gasteiger charge is 2.28. The lowest BCUT2D eigenvalue weighted by Gasteiger charge is -2.26. The largest absolute Gasteiger partial charge is 0.497 e. The van der Waals surface area contributed by atoms with Crippen LogP contribution >= 0.6 is 0 Å². The fourth-order valence-corrected chi connectivity index (χ4v) is 4.49. The maximum absolute atomic E-state index is 13.6. The Balaban J connectivity index is 2.12.